The number of nitrogens with one attached hydrogen (secondary N) is 3. The predicted octanol–water partition coefficient (Wildman–Crippen LogP) is 1.79. The Morgan fingerprint density at radius 1 is 1.28 bits per heavy atom. The fourth-order valence-electron chi connectivity index (χ4n) is 2.54. The molecule has 2 aromatic heterocycles. The van der Waals surface area contributed by atoms with Gasteiger partial charge in [0.05, 0.1) is 6.42 Å². The van der Waals surface area contributed by atoms with Gasteiger partial charge in [0.15, 0.2) is 0 Å². The van der Waals surface area contributed by atoms with Crippen molar-refractivity contribution >= 4 is 5.91 Å². The monoisotopic (exact) mass is 341 g/mol. The summed E-state index contributed by atoms with van der Waals surface area (Å²) in [6, 6.07) is 7.26. The van der Waals surface area contributed by atoms with Gasteiger partial charge in [0.25, 0.3) is 5.56 Å². The lowest BCUT2D eigenvalue weighted by atomic mass is 10.1. The number of nitrogens with zero attached hydrogens (tertiary/aromatic N) is 2. The second-order valence-electron chi connectivity index (χ2n) is 5.92. The first kappa shape index (κ1) is 16.7. The van der Waals surface area contributed by atoms with E-state index in [0.29, 0.717) is 23.0 Å². The lowest BCUT2D eigenvalue weighted by Crippen LogP contribution is -2.29. The van der Waals surface area contributed by atoms with Crippen molar-refractivity contribution in [2.75, 3.05) is 0 Å². The van der Waals surface area contributed by atoms with Gasteiger partial charge < -0.3 is 14.9 Å². The van der Waals surface area contributed by atoms with E-state index in [0.717, 1.165) is 11.1 Å². The van der Waals surface area contributed by atoms with E-state index in [1.54, 1.807) is 13.8 Å². The zero-order chi connectivity index (χ0) is 18.0. The minimum atomic E-state index is -0.462. The van der Waals surface area contributed by atoms with E-state index in [4.69, 9.17) is 4.52 Å². The van der Waals surface area contributed by atoms with E-state index in [-0.39, 0.29) is 17.9 Å². The third-order valence-electron chi connectivity index (χ3n) is 4.00. The van der Waals surface area contributed by atoms with Crippen molar-refractivity contribution in [1.29, 1.82) is 0 Å². The van der Waals surface area contributed by atoms with Crippen LogP contribution in [0, 0.1) is 13.8 Å². The Kier molecular flexibility index (Phi) is 4.51. The number of aryl methyl sites for hydroxylation is 2. The molecule has 0 saturated carbocycles. The predicted molar refractivity (Wildman–Crippen MR) is 90.9 cm³/mol. The summed E-state index contributed by atoms with van der Waals surface area (Å²) in [7, 11) is 0. The molecule has 1 aromatic carbocycles. The van der Waals surface area contributed by atoms with Crippen LogP contribution in [0.1, 0.15) is 35.7 Å². The smallest absolute Gasteiger partial charge is 0.267 e. The molecular formula is C17H19N5O3. The van der Waals surface area contributed by atoms with Crippen LogP contribution in [0.5, 0.6) is 0 Å². The third-order valence-corrected chi connectivity index (χ3v) is 4.00. The van der Waals surface area contributed by atoms with Crippen molar-refractivity contribution in [3.63, 3.8) is 0 Å². The molecule has 1 amide bonds. The Labute approximate surface area is 143 Å². The van der Waals surface area contributed by atoms with E-state index >= 15 is 0 Å². The van der Waals surface area contributed by atoms with Crippen LogP contribution in [0.3, 0.4) is 0 Å². The van der Waals surface area contributed by atoms with Crippen LogP contribution < -0.4 is 10.9 Å². The molecule has 0 bridgehead atoms. The number of aromatic amines is 2. The van der Waals surface area contributed by atoms with Crippen molar-refractivity contribution < 1.29 is 9.32 Å². The Hall–Kier alpha value is -3.16. The van der Waals surface area contributed by atoms with E-state index in [2.05, 4.69) is 25.7 Å². The number of rotatable bonds is 5. The highest BCUT2D eigenvalue weighted by Crippen LogP contribution is 2.21. The van der Waals surface area contributed by atoms with Crippen LogP contribution in [0.15, 0.2) is 33.6 Å². The minimum Gasteiger partial charge on any atom is -0.344 e. The fraction of sp³-hybridized carbons (Fsp3) is 0.294. The van der Waals surface area contributed by atoms with Gasteiger partial charge in [0.2, 0.25) is 17.6 Å². The molecule has 8 heteroatoms. The molecule has 0 saturated heterocycles. The Morgan fingerprint density at radius 2 is 2.04 bits per heavy atom. The number of carbonyl (C=O) groups excluding carboxylic acids is 1. The normalized spacial score (nSPS) is 12.1. The van der Waals surface area contributed by atoms with Crippen molar-refractivity contribution in [3.05, 3.63) is 57.3 Å². The van der Waals surface area contributed by atoms with E-state index in [9.17, 15) is 9.59 Å². The second kappa shape index (κ2) is 6.76. The highest BCUT2D eigenvalue weighted by molar-refractivity contribution is 5.79. The molecule has 3 N–H and O–H groups in total. The number of benzene rings is 1. The third kappa shape index (κ3) is 3.52. The zero-order valence-corrected chi connectivity index (χ0v) is 14.2. The average Bonchev–Trinajstić information content (AvgIpc) is 3.18. The SMILES string of the molecule is Cc1ccccc1-c1noc([C@@H](C)NC(=O)Cc2c(C)[nH][nH]c2=O)n1. The molecule has 130 valence electrons. The molecular weight excluding hydrogens is 322 g/mol. The molecule has 1 atom stereocenters. The summed E-state index contributed by atoms with van der Waals surface area (Å²) in [4.78, 5) is 28.1. The number of hydrogen-bond acceptors (Lipinski definition) is 5. The fourth-order valence-corrected chi connectivity index (χ4v) is 2.54. The summed E-state index contributed by atoms with van der Waals surface area (Å²) in [6.07, 6.45) is -0.0200. The molecule has 0 radical (unpaired) electrons. The molecule has 0 unspecified atom stereocenters. The van der Waals surface area contributed by atoms with Crippen molar-refractivity contribution in [2.45, 2.75) is 33.2 Å². The molecule has 0 aliphatic heterocycles. The summed E-state index contributed by atoms with van der Waals surface area (Å²) in [5.41, 5.74) is 2.68. The van der Waals surface area contributed by atoms with Gasteiger partial charge in [-0.25, -0.2) is 0 Å². The van der Waals surface area contributed by atoms with Crippen LogP contribution in [0.4, 0.5) is 0 Å². The summed E-state index contributed by atoms with van der Waals surface area (Å²) >= 11 is 0. The lowest BCUT2D eigenvalue weighted by Gasteiger charge is -2.09. The maximum Gasteiger partial charge on any atom is 0.267 e. The average molecular weight is 341 g/mol. The Balaban J connectivity index is 1.70. The van der Waals surface area contributed by atoms with Crippen molar-refractivity contribution in [1.82, 2.24) is 25.7 Å². The molecule has 0 fully saturated rings. The van der Waals surface area contributed by atoms with Gasteiger partial charge in [0.1, 0.15) is 6.04 Å². The van der Waals surface area contributed by atoms with Crippen LogP contribution in [0.2, 0.25) is 0 Å². The van der Waals surface area contributed by atoms with Crippen molar-refractivity contribution in [3.8, 4) is 11.4 Å². The van der Waals surface area contributed by atoms with E-state index < -0.39 is 6.04 Å². The number of H-pyrrole nitrogens is 2. The largest absolute Gasteiger partial charge is 0.344 e. The zero-order valence-electron chi connectivity index (χ0n) is 14.2. The summed E-state index contributed by atoms with van der Waals surface area (Å²) < 4.78 is 5.27. The van der Waals surface area contributed by atoms with Crippen LogP contribution in [0.25, 0.3) is 11.4 Å². The van der Waals surface area contributed by atoms with Crippen LogP contribution in [-0.4, -0.2) is 26.2 Å². The Bertz CT molecular complexity index is 953. The lowest BCUT2D eigenvalue weighted by molar-refractivity contribution is -0.121. The van der Waals surface area contributed by atoms with Gasteiger partial charge in [-0.1, -0.05) is 29.4 Å². The highest BCUT2D eigenvalue weighted by Gasteiger charge is 2.19. The van der Waals surface area contributed by atoms with Gasteiger partial charge in [-0.3, -0.25) is 14.7 Å². The van der Waals surface area contributed by atoms with Crippen LogP contribution in [-0.2, 0) is 11.2 Å². The van der Waals surface area contributed by atoms with Gasteiger partial charge in [-0.05, 0) is 26.3 Å². The number of aromatic nitrogens is 4. The molecule has 0 aliphatic rings. The van der Waals surface area contributed by atoms with Gasteiger partial charge in [-0.2, -0.15) is 4.98 Å². The van der Waals surface area contributed by atoms with Gasteiger partial charge in [0, 0.05) is 16.8 Å². The number of amides is 1. The molecule has 3 aromatic rings. The molecule has 0 spiro atoms. The summed E-state index contributed by atoms with van der Waals surface area (Å²) in [5.74, 6) is 0.495. The topological polar surface area (TPSA) is 117 Å². The van der Waals surface area contributed by atoms with E-state index in [1.807, 2.05) is 31.2 Å². The first-order valence-corrected chi connectivity index (χ1v) is 7.90. The Morgan fingerprint density at radius 3 is 2.72 bits per heavy atom. The maximum atomic E-state index is 12.2. The second-order valence-corrected chi connectivity index (χ2v) is 5.92. The van der Waals surface area contributed by atoms with Gasteiger partial charge >= 0.3 is 0 Å². The first-order valence-electron chi connectivity index (χ1n) is 7.90. The highest BCUT2D eigenvalue weighted by atomic mass is 16.5. The molecule has 2 heterocycles. The van der Waals surface area contributed by atoms with Crippen LogP contribution >= 0.6 is 0 Å². The van der Waals surface area contributed by atoms with Gasteiger partial charge in [-0.15, -0.1) is 0 Å². The molecule has 25 heavy (non-hydrogen) atoms. The van der Waals surface area contributed by atoms with E-state index in [1.165, 1.54) is 0 Å². The first-order chi connectivity index (χ1) is 12.0. The number of hydrogen-bond donors (Lipinski definition) is 3. The summed E-state index contributed by atoms with van der Waals surface area (Å²) in [5, 5.41) is 11.9. The standard InChI is InChI=1S/C17H19N5O3/c1-9-6-4-5-7-12(9)15-19-17(25-22-15)11(3)18-14(23)8-13-10(2)20-21-16(13)24/h4-7,11H,8H2,1-3H3,(H,18,23)(H2,20,21,24)/t11-/m1/s1. The minimum absolute atomic E-state index is 0.0200. The molecule has 3 rings (SSSR count). The molecule has 0 aliphatic carbocycles. The summed E-state index contributed by atoms with van der Waals surface area (Å²) in [6.45, 7) is 5.45. The molecule has 8 nitrogen and oxygen atoms in total. The quantitative estimate of drug-likeness (QED) is 0.654. The number of carbonyl (C=O) groups is 1. The maximum absolute atomic E-state index is 12.2. The van der Waals surface area contributed by atoms with Crippen molar-refractivity contribution in [2.24, 2.45) is 0 Å².